The van der Waals surface area contributed by atoms with E-state index in [1.807, 2.05) is 0 Å². The second kappa shape index (κ2) is 6.29. The Morgan fingerprint density at radius 2 is 1.88 bits per heavy atom. The van der Waals surface area contributed by atoms with E-state index >= 15 is 0 Å². The number of para-hydroxylation sites is 3. The van der Waals surface area contributed by atoms with E-state index in [0.717, 1.165) is 16.7 Å². The number of nitrogens with one attached hydrogen (secondary N) is 1. The molecule has 5 nitrogen and oxygen atoms in total. The highest BCUT2D eigenvalue weighted by Crippen LogP contribution is 2.38. The highest BCUT2D eigenvalue weighted by molar-refractivity contribution is 6.34. The molecule has 1 N–H and O–H groups in total. The molecule has 1 aromatic heterocycles. The average Bonchev–Trinajstić information content (AvgIpc) is 2.84. The van der Waals surface area contributed by atoms with E-state index in [2.05, 4.69) is 5.32 Å². The summed E-state index contributed by atoms with van der Waals surface area (Å²) in [4.78, 5) is 24.0. The minimum atomic E-state index is -4.69. The second-order valence-corrected chi connectivity index (χ2v) is 5.54. The van der Waals surface area contributed by atoms with Crippen molar-refractivity contribution in [2.45, 2.75) is 12.7 Å². The highest BCUT2D eigenvalue weighted by Gasteiger charge is 2.34. The lowest BCUT2D eigenvalue weighted by Gasteiger charge is -2.15. The summed E-state index contributed by atoms with van der Waals surface area (Å²) in [6, 6.07) is 9.56. The summed E-state index contributed by atoms with van der Waals surface area (Å²) in [5.41, 5.74) is -0.993. The van der Waals surface area contributed by atoms with Crippen molar-refractivity contribution in [3.63, 3.8) is 0 Å². The Morgan fingerprint density at radius 3 is 2.60 bits per heavy atom. The molecule has 0 saturated carbocycles. The van der Waals surface area contributed by atoms with Gasteiger partial charge in [-0.1, -0.05) is 29.8 Å². The van der Waals surface area contributed by atoms with Crippen LogP contribution in [0.2, 0.25) is 5.02 Å². The third-order valence-electron chi connectivity index (χ3n) is 3.46. The number of oxazole rings is 1. The van der Waals surface area contributed by atoms with Crippen molar-refractivity contribution in [2.24, 2.45) is 0 Å². The average molecular weight is 371 g/mol. The second-order valence-electron chi connectivity index (χ2n) is 5.13. The number of hydrogen-bond acceptors (Lipinski definition) is 3. The van der Waals surface area contributed by atoms with Crippen LogP contribution in [0.5, 0.6) is 0 Å². The molecule has 0 unspecified atom stereocenters. The lowest BCUT2D eigenvalue weighted by atomic mass is 10.1. The Hall–Kier alpha value is -2.74. The number of nitrogens with zero attached hydrogens (tertiary/aromatic N) is 1. The van der Waals surface area contributed by atoms with Gasteiger partial charge in [-0.3, -0.25) is 9.36 Å². The van der Waals surface area contributed by atoms with E-state index in [1.54, 1.807) is 24.3 Å². The van der Waals surface area contributed by atoms with E-state index in [-0.39, 0.29) is 10.6 Å². The maximum Gasteiger partial charge on any atom is 0.420 e. The van der Waals surface area contributed by atoms with Gasteiger partial charge >= 0.3 is 11.9 Å². The Kier molecular flexibility index (Phi) is 4.30. The zero-order chi connectivity index (χ0) is 18.2. The lowest BCUT2D eigenvalue weighted by Crippen LogP contribution is -2.26. The summed E-state index contributed by atoms with van der Waals surface area (Å²) < 4.78 is 45.1. The molecule has 130 valence electrons. The van der Waals surface area contributed by atoms with Crippen LogP contribution in [-0.2, 0) is 17.5 Å². The van der Waals surface area contributed by atoms with Gasteiger partial charge in [0.15, 0.2) is 5.58 Å². The molecular formula is C16H10ClF3N2O3. The number of carbonyl (C=O) groups is 1. The molecule has 0 aliphatic carbocycles. The van der Waals surface area contributed by atoms with Gasteiger partial charge in [0.25, 0.3) is 0 Å². The number of rotatable bonds is 3. The van der Waals surface area contributed by atoms with Crippen LogP contribution in [0.25, 0.3) is 11.1 Å². The number of amides is 1. The Labute approximate surface area is 143 Å². The number of fused-ring (bicyclic) bond motifs is 1. The van der Waals surface area contributed by atoms with Crippen molar-refractivity contribution < 1.29 is 22.4 Å². The van der Waals surface area contributed by atoms with Crippen molar-refractivity contribution in [1.29, 1.82) is 0 Å². The Bertz CT molecular complexity index is 1010. The molecule has 3 aromatic rings. The highest BCUT2D eigenvalue weighted by atomic mass is 35.5. The van der Waals surface area contributed by atoms with Gasteiger partial charge in [-0.25, -0.2) is 4.79 Å². The van der Waals surface area contributed by atoms with Gasteiger partial charge in [0.2, 0.25) is 5.91 Å². The third-order valence-corrected chi connectivity index (χ3v) is 3.77. The molecule has 0 bridgehead atoms. The summed E-state index contributed by atoms with van der Waals surface area (Å²) in [5.74, 6) is -1.63. The predicted octanol–water partition coefficient (Wildman–Crippen LogP) is 3.91. The molecule has 1 heterocycles. The van der Waals surface area contributed by atoms with Gasteiger partial charge in [0.1, 0.15) is 6.54 Å². The van der Waals surface area contributed by atoms with Crippen molar-refractivity contribution in [2.75, 3.05) is 5.32 Å². The number of anilines is 1. The topological polar surface area (TPSA) is 64.2 Å². The first-order valence-corrected chi connectivity index (χ1v) is 7.39. The summed E-state index contributed by atoms with van der Waals surface area (Å²) in [6.45, 7) is -0.516. The third kappa shape index (κ3) is 3.39. The fraction of sp³-hybridized carbons (Fsp3) is 0.125. The monoisotopic (exact) mass is 370 g/mol. The molecule has 2 aromatic carbocycles. The van der Waals surface area contributed by atoms with Crippen molar-refractivity contribution in [3.05, 3.63) is 63.6 Å². The van der Waals surface area contributed by atoms with E-state index in [9.17, 15) is 22.8 Å². The summed E-state index contributed by atoms with van der Waals surface area (Å²) in [6.07, 6.45) is -4.69. The lowest BCUT2D eigenvalue weighted by molar-refractivity contribution is -0.137. The van der Waals surface area contributed by atoms with Gasteiger partial charge in [0, 0.05) is 0 Å². The SMILES string of the molecule is O=C(Cn1c(=O)oc2ccccc21)Nc1c(Cl)cccc1C(F)(F)F. The van der Waals surface area contributed by atoms with Crippen LogP contribution >= 0.6 is 11.6 Å². The fourth-order valence-electron chi connectivity index (χ4n) is 2.37. The van der Waals surface area contributed by atoms with Gasteiger partial charge in [-0.2, -0.15) is 13.2 Å². The molecule has 0 aliphatic rings. The first-order chi connectivity index (χ1) is 11.8. The standard InChI is InChI=1S/C16H10ClF3N2O3/c17-10-5-3-4-9(16(18,19)20)14(10)21-13(23)8-22-11-6-1-2-7-12(11)25-15(22)24/h1-7H,8H2,(H,21,23). The van der Waals surface area contributed by atoms with Gasteiger partial charge in [0.05, 0.1) is 21.8 Å². The maximum atomic E-state index is 13.0. The predicted molar refractivity (Wildman–Crippen MR) is 85.6 cm³/mol. The van der Waals surface area contributed by atoms with Crippen LogP contribution in [0.4, 0.5) is 18.9 Å². The minimum Gasteiger partial charge on any atom is -0.408 e. The molecule has 0 saturated heterocycles. The minimum absolute atomic E-state index is 0.257. The first-order valence-electron chi connectivity index (χ1n) is 7.01. The molecule has 0 radical (unpaired) electrons. The molecule has 0 aliphatic heterocycles. The van der Waals surface area contributed by atoms with Gasteiger partial charge in [-0.05, 0) is 24.3 Å². The smallest absolute Gasteiger partial charge is 0.408 e. The number of aromatic nitrogens is 1. The van der Waals surface area contributed by atoms with Crippen molar-refractivity contribution >= 4 is 34.3 Å². The molecule has 25 heavy (non-hydrogen) atoms. The molecule has 9 heteroatoms. The van der Waals surface area contributed by atoms with Crippen molar-refractivity contribution in [1.82, 2.24) is 4.57 Å². The van der Waals surface area contributed by atoms with Gasteiger partial charge < -0.3 is 9.73 Å². The van der Waals surface area contributed by atoms with Crippen LogP contribution in [0, 0.1) is 0 Å². The van der Waals surface area contributed by atoms with Crippen LogP contribution in [-0.4, -0.2) is 10.5 Å². The van der Waals surface area contributed by atoms with E-state index in [0.29, 0.717) is 5.52 Å². The molecular weight excluding hydrogens is 361 g/mol. The largest absolute Gasteiger partial charge is 0.420 e. The van der Waals surface area contributed by atoms with Crippen LogP contribution in [0.3, 0.4) is 0 Å². The molecule has 1 amide bonds. The Balaban J connectivity index is 1.91. The molecule has 0 spiro atoms. The van der Waals surface area contributed by atoms with Crippen LogP contribution in [0.1, 0.15) is 5.56 Å². The van der Waals surface area contributed by atoms with E-state index in [4.69, 9.17) is 16.0 Å². The number of hydrogen-bond donors (Lipinski definition) is 1. The number of alkyl halides is 3. The fourth-order valence-corrected chi connectivity index (χ4v) is 2.60. The van der Waals surface area contributed by atoms with Gasteiger partial charge in [-0.15, -0.1) is 0 Å². The number of halogens is 4. The van der Waals surface area contributed by atoms with Crippen molar-refractivity contribution in [3.8, 4) is 0 Å². The molecule has 3 rings (SSSR count). The molecule has 0 fully saturated rings. The normalized spacial score (nSPS) is 11.7. The summed E-state index contributed by atoms with van der Waals surface area (Å²) in [7, 11) is 0. The number of carbonyl (C=O) groups excluding carboxylic acids is 1. The summed E-state index contributed by atoms with van der Waals surface area (Å²) >= 11 is 5.79. The molecule has 0 atom stereocenters. The summed E-state index contributed by atoms with van der Waals surface area (Å²) in [5, 5.41) is 1.87. The zero-order valence-corrected chi connectivity index (χ0v) is 13.2. The van der Waals surface area contributed by atoms with E-state index < -0.39 is 35.6 Å². The van der Waals surface area contributed by atoms with E-state index in [1.165, 1.54) is 6.07 Å². The quantitative estimate of drug-likeness (QED) is 0.760. The van der Waals surface area contributed by atoms with Crippen LogP contribution in [0.15, 0.2) is 51.7 Å². The first kappa shape index (κ1) is 17.1. The van der Waals surface area contributed by atoms with Crippen LogP contribution < -0.4 is 11.1 Å². The maximum absolute atomic E-state index is 13.0. The Morgan fingerprint density at radius 1 is 1.16 bits per heavy atom. The zero-order valence-electron chi connectivity index (χ0n) is 12.4. The number of benzene rings is 2.